The predicted octanol–water partition coefficient (Wildman–Crippen LogP) is 1.52. The average molecular weight is 326 g/mol. The molecular weight excluding hydrogens is 304 g/mol. The number of hydrogen-bond donors (Lipinski definition) is 1. The van der Waals surface area contributed by atoms with E-state index in [4.69, 9.17) is 4.74 Å². The first-order valence-corrected chi connectivity index (χ1v) is 9.21. The van der Waals surface area contributed by atoms with Crippen molar-refractivity contribution < 1.29 is 17.9 Å². The number of carbonyl (C=O) groups excluding carboxylic acids is 1. The number of carbonyl (C=O) groups is 1. The Labute approximate surface area is 131 Å². The average Bonchev–Trinajstić information content (AvgIpc) is 2.89. The van der Waals surface area contributed by atoms with Crippen LogP contribution >= 0.6 is 0 Å². The van der Waals surface area contributed by atoms with Crippen LogP contribution in [0.25, 0.3) is 0 Å². The molecule has 1 saturated heterocycles. The normalized spacial score (nSPS) is 18.3. The molecule has 122 valence electrons. The first kappa shape index (κ1) is 16.6. The molecule has 1 fully saturated rings. The van der Waals surface area contributed by atoms with Gasteiger partial charge in [0.15, 0.2) is 9.84 Å². The van der Waals surface area contributed by atoms with Crippen molar-refractivity contribution in [2.45, 2.75) is 18.2 Å². The second-order valence-corrected chi connectivity index (χ2v) is 7.68. The fraction of sp³-hybridized carbons (Fsp3) is 0.533. The van der Waals surface area contributed by atoms with Gasteiger partial charge in [-0.15, -0.1) is 0 Å². The van der Waals surface area contributed by atoms with Crippen molar-refractivity contribution in [1.82, 2.24) is 10.2 Å². The molecule has 1 N–H and O–H groups in total. The number of amides is 2. The summed E-state index contributed by atoms with van der Waals surface area (Å²) in [6.07, 6.45) is 2.22. The Morgan fingerprint density at radius 2 is 2.05 bits per heavy atom. The molecule has 7 heteroatoms. The number of sulfone groups is 1. The number of nitrogens with one attached hydrogen (secondary N) is 1. The Morgan fingerprint density at radius 1 is 1.36 bits per heavy atom. The van der Waals surface area contributed by atoms with Gasteiger partial charge in [-0.1, -0.05) is 6.92 Å². The zero-order valence-electron chi connectivity index (χ0n) is 12.9. The van der Waals surface area contributed by atoms with E-state index in [-0.39, 0.29) is 10.9 Å². The number of urea groups is 1. The maximum Gasteiger partial charge on any atom is 0.317 e. The molecule has 0 bridgehead atoms. The van der Waals surface area contributed by atoms with Crippen LogP contribution in [-0.4, -0.2) is 51.8 Å². The third-order valence-corrected chi connectivity index (χ3v) is 4.74. The van der Waals surface area contributed by atoms with Crippen molar-refractivity contribution in [2.75, 3.05) is 32.5 Å². The van der Waals surface area contributed by atoms with Gasteiger partial charge < -0.3 is 15.0 Å². The quantitative estimate of drug-likeness (QED) is 0.833. The van der Waals surface area contributed by atoms with Crippen LogP contribution in [0.15, 0.2) is 29.2 Å². The number of likely N-dealkylation sites (tertiary alicyclic amines) is 1. The van der Waals surface area contributed by atoms with Crippen LogP contribution in [0.5, 0.6) is 5.75 Å². The molecular formula is C15H22N2O4S. The van der Waals surface area contributed by atoms with Crippen LogP contribution in [0.3, 0.4) is 0 Å². The van der Waals surface area contributed by atoms with E-state index < -0.39 is 9.84 Å². The standard InChI is InChI=1S/C15H22N2O4S/c1-12-7-9-17(11-12)15(18)16-8-10-21-13-3-5-14(6-4-13)22(2,19)20/h3-6,12H,7-11H2,1-2H3,(H,16,18). The van der Waals surface area contributed by atoms with Crippen LogP contribution in [0.2, 0.25) is 0 Å². The summed E-state index contributed by atoms with van der Waals surface area (Å²) in [6, 6.07) is 6.19. The lowest BCUT2D eigenvalue weighted by Gasteiger charge is -2.16. The summed E-state index contributed by atoms with van der Waals surface area (Å²) in [6.45, 7) is 4.50. The molecule has 22 heavy (non-hydrogen) atoms. The molecule has 1 aliphatic rings. The Bertz CT molecular complexity index is 613. The summed E-state index contributed by atoms with van der Waals surface area (Å²) < 4.78 is 28.2. The monoisotopic (exact) mass is 326 g/mol. The highest BCUT2D eigenvalue weighted by Crippen LogP contribution is 2.16. The van der Waals surface area contributed by atoms with Crippen molar-refractivity contribution in [1.29, 1.82) is 0 Å². The topological polar surface area (TPSA) is 75.7 Å². The summed E-state index contributed by atoms with van der Waals surface area (Å²) in [7, 11) is -3.19. The third kappa shape index (κ3) is 4.62. The Hall–Kier alpha value is -1.76. The summed E-state index contributed by atoms with van der Waals surface area (Å²) in [5.41, 5.74) is 0. The van der Waals surface area contributed by atoms with Crippen LogP contribution in [0.4, 0.5) is 4.79 Å². The van der Waals surface area contributed by atoms with E-state index in [1.54, 1.807) is 12.1 Å². The summed E-state index contributed by atoms with van der Waals surface area (Å²) >= 11 is 0. The van der Waals surface area contributed by atoms with Gasteiger partial charge >= 0.3 is 6.03 Å². The minimum atomic E-state index is -3.19. The zero-order chi connectivity index (χ0) is 16.2. The number of benzene rings is 1. The smallest absolute Gasteiger partial charge is 0.317 e. The van der Waals surface area contributed by atoms with E-state index in [9.17, 15) is 13.2 Å². The lowest BCUT2D eigenvalue weighted by molar-refractivity contribution is 0.204. The molecule has 6 nitrogen and oxygen atoms in total. The van der Waals surface area contributed by atoms with Crippen molar-refractivity contribution in [3.8, 4) is 5.75 Å². The molecule has 0 aromatic heterocycles. The van der Waals surface area contributed by atoms with E-state index in [1.807, 2.05) is 4.90 Å². The molecule has 1 atom stereocenters. The molecule has 1 aliphatic heterocycles. The van der Waals surface area contributed by atoms with Gasteiger partial charge in [0.05, 0.1) is 11.4 Å². The van der Waals surface area contributed by atoms with Crippen molar-refractivity contribution in [2.24, 2.45) is 5.92 Å². The summed E-state index contributed by atoms with van der Waals surface area (Å²) in [5.74, 6) is 1.15. The fourth-order valence-electron chi connectivity index (χ4n) is 2.34. The van der Waals surface area contributed by atoms with Crippen LogP contribution in [0, 0.1) is 5.92 Å². The van der Waals surface area contributed by atoms with Crippen LogP contribution in [0.1, 0.15) is 13.3 Å². The molecule has 1 unspecified atom stereocenters. The highest BCUT2D eigenvalue weighted by atomic mass is 32.2. The lowest BCUT2D eigenvalue weighted by atomic mass is 10.2. The Morgan fingerprint density at radius 3 is 2.59 bits per heavy atom. The van der Waals surface area contributed by atoms with Crippen LogP contribution < -0.4 is 10.1 Å². The second-order valence-electron chi connectivity index (χ2n) is 5.66. The molecule has 0 radical (unpaired) electrons. The van der Waals surface area contributed by atoms with Gasteiger partial charge in [0.2, 0.25) is 0 Å². The van der Waals surface area contributed by atoms with E-state index in [1.165, 1.54) is 12.1 Å². The van der Waals surface area contributed by atoms with Gasteiger partial charge in [0, 0.05) is 19.3 Å². The molecule has 1 aromatic rings. The Balaban J connectivity index is 1.71. The largest absolute Gasteiger partial charge is 0.492 e. The molecule has 2 rings (SSSR count). The maximum atomic E-state index is 11.8. The molecule has 2 amide bonds. The Kier molecular flexibility index (Phi) is 5.28. The van der Waals surface area contributed by atoms with E-state index in [2.05, 4.69) is 12.2 Å². The number of rotatable bonds is 5. The van der Waals surface area contributed by atoms with Crippen molar-refractivity contribution in [3.05, 3.63) is 24.3 Å². The highest BCUT2D eigenvalue weighted by molar-refractivity contribution is 7.90. The minimum Gasteiger partial charge on any atom is -0.492 e. The molecule has 0 aliphatic carbocycles. The van der Waals surface area contributed by atoms with Crippen molar-refractivity contribution in [3.63, 3.8) is 0 Å². The highest BCUT2D eigenvalue weighted by Gasteiger charge is 2.22. The summed E-state index contributed by atoms with van der Waals surface area (Å²) in [5, 5.41) is 2.82. The van der Waals surface area contributed by atoms with Gasteiger partial charge in [0.1, 0.15) is 12.4 Å². The van der Waals surface area contributed by atoms with Gasteiger partial charge in [-0.3, -0.25) is 0 Å². The number of hydrogen-bond acceptors (Lipinski definition) is 4. The zero-order valence-corrected chi connectivity index (χ0v) is 13.7. The minimum absolute atomic E-state index is 0.0552. The predicted molar refractivity (Wildman–Crippen MR) is 83.8 cm³/mol. The molecule has 0 saturated carbocycles. The summed E-state index contributed by atoms with van der Waals surface area (Å²) in [4.78, 5) is 13.9. The van der Waals surface area contributed by atoms with E-state index in [0.717, 1.165) is 25.8 Å². The number of ether oxygens (including phenoxy) is 1. The van der Waals surface area contributed by atoms with Gasteiger partial charge in [0.25, 0.3) is 0 Å². The molecule has 1 aromatic carbocycles. The first-order chi connectivity index (χ1) is 10.4. The number of nitrogens with zero attached hydrogens (tertiary/aromatic N) is 1. The molecule has 0 spiro atoms. The molecule has 1 heterocycles. The van der Waals surface area contributed by atoms with E-state index >= 15 is 0 Å². The SMILES string of the molecule is CC1CCN(C(=O)NCCOc2ccc(S(C)(=O)=O)cc2)C1. The van der Waals surface area contributed by atoms with E-state index in [0.29, 0.717) is 24.8 Å². The van der Waals surface area contributed by atoms with Crippen molar-refractivity contribution >= 4 is 15.9 Å². The maximum absolute atomic E-state index is 11.8. The van der Waals surface area contributed by atoms with Crippen LogP contribution in [-0.2, 0) is 9.84 Å². The fourth-order valence-corrected chi connectivity index (χ4v) is 2.97. The third-order valence-electron chi connectivity index (χ3n) is 3.61. The van der Waals surface area contributed by atoms with Gasteiger partial charge in [-0.05, 0) is 36.6 Å². The first-order valence-electron chi connectivity index (χ1n) is 7.32. The van der Waals surface area contributed by atoms with Gasteiger partial charge in [-0.25, -0.2) is 13.2 Å². The van der Waals surface area contributed by atoms with Gasteiger partial charge in [-0.2, -0.15) is 0 Å². The lowest BCUT2D eigenvalue weighted by Crippen LogP contribution is -2.40. The second kappa shape index (κ2) is 7.00.